The van der Waals surface area contributed by atoms with E-state index in [0.717, 1.165) is 93.2 Å². The van der Waals surface area contributed by atoms with E-state index in [1.54, 1.807) is 0 Å². The van der Waals surface area contributed by atoms with Gasteiger partial charge in [0.15, 0.2) is 0 Å². The van der Waals surface area contributed by atoms with Crippen molar-refractivity contribution in [3.8, 4) is 0 Å². The normalized spacial score (nSPS) is 30.3. The Morgan fingerprint density at radius 3 is 1.60 bits per heavy atom. The van der Waals surface area contributed by atoms with E-state index in [2.05, 4.69) is 93.6 Å². The second-order valence-corrected chi connectivity index (χ2v) is 25.3. The second-order valence-electron chi connectivity index (χ2n) is 20.4. The number of hydrogen-bond acceptors (Lipinski definition) is 13. The zero-order valence-corrected chi connectivity index (χ0v) is 43.2. The van der Waals surface area contributed by atoms with Gasteiger partial charge in [-0.25, -0.2) is 0 Å². The molecular weight excluding hydrogens is 929 g/mol. The molecule has 3 aromatic rings. The first kappa shape index (κ1) is 53.0. The van der Waals surface area contributed by atoms with E-state index >= 15 is 0 Å². The molecular formula is C52H74O13S3. The maximum atomic E-state index is 12.1. The Kier molecular flexibility index (Phi) is 17.4. The number of rotatable bonds is 24. The zero-order chi connectivity index (χ0) is 48.8. The highest BCUT2D eigenvalue weighted by molar-refractivity contribution is 7.86. The molecule has 4 aliphatic rings. The molecule has 68 heavy (non-hydrogen) atoms. The predicted octanol–water partition coefficient (Wildman–Crippen LogP) is 8.37. The molecule has 4 fully saturated rings. The Bertz CT molecular complexity index is 2310. The van der Waals surface area contributed by atoms with Crippen LogP contribution in [0.1, 0.15) is 95.2 Å². The topological polar surface area (TPSA) is 167 Å². The van der Waals surface area contributed by atoms with Crippen LogP contribution >= 0.6 is 0 Å². The van der Waals surface area contributed by atoms with E-state index in [4.69, 9.17) is 31.5 Å². The van der Waals surface area contributed by atoms with Crippen molar-refractivity contribution in [2.24, 2.45) is 46.3 Å². The first-order valence-electron chi connectivity index (χ1n) is 24.4. The van der Waals surface area contributed by atoms with Gasteiger partial charge in [0.25, 0.3) is 30.4 Å². The fourth-order valence-corrected chi connectivity index (χ4v) is 14.5. The van der Waals surface area contributed by atoms with Crippen LogP contribution in [0, 0.1) is 46.3 Å². The van der Waals surface area contributed by atoms with Crippen LogP contribution in [-0.4, -0.2) is 109 Å². The SMILES string of the molecule is CC(CCCOC(c1ccccc1)(c1ccccc1)c1ccccc1)C1CCC2C3C(OCCOS(C)(=O)=O)CC4CC(OCCOS(C)(=O)=O)CCC4(C)C3CC(OCCOS(C)(=O)=O)C12C. The van der Waals surface area contributed by atoms with Gasteiger partial charge in [-0.1, -0.05) is 112 Å². The molecule has 0 amide bonds. The minimum Gasteiger partial charge on any atom is -0.376 e. The molecule has 3 aromatic carbocycles. The third kappa shape index (κ3) is 12.5. The minimum absolute atomic E-state index is 0.0428. The molecule has 16 heteroatoms. The molecule has 11 atom stereocenters. The smallest absolute Gasteiger partial charge is 0.264 e. The Balaban J connectivity index is 1.14. The summed E-state index contributed by atoms with van der Waals surface area (Å²) < 4.78 is 114. The van der Waals surface area contributed by atoms with Gasteiger partial charge in [-0.15, -0.1) is 0 Å². The van der Waals surface area contributed by atoms with Gasteiger partial charge in [0.2, 0.25) is 0 Å². The lowest BCUT2D eigenvalue weighted by Crippen LogP contribution is -2.63. The zero-order valence-electron chi connectivity index (χ0n) is 40.7. The van der Waals surface area contributed by atoms with Gasteiger partial charge in [-0.05, 0) is 115 Å². The Morgan fingerprint density at radius 1 is 0.588 bits per heavy atom. The van der Waals surface area contributed by atoms with Gasteiger partial charge in [-0.3, -0.25) is 12.5 Å². The van der Waals surface area contributed by atoms with Crippen molar-refractivity contribution in [3.05, 3.63) is 108 Å². The fourth-order valence-electron chi connectivity index (χ4n) is 13.4. The van der Waals surface area contributed by atoms with Crippen molar-refractivity contribution >= 4 is 30.4 Å². The van der Waals surface area contributed by atoms with E-state index in [9.17, 15) is 25.3 Å². The molecule has 0 heterocycles. The van der Waals surface area contributed by atoms with E-state index in [1.165, 1.54) is 0 Å². The highest BCUT2D eigenvalue weighted by Gasteiger charge is 2.66. The summed E-state index contributed by atoms with van der Waals surface area (Å²) in [5.74, 6) is 1.37. The van der Waals surface area contributed by atoms with Crippen molar-refractivity contribution in [3.63, 3.8) is 0 Å². The average Bonchev–Trinajstić information content (AvgIpc) is 3.66. The summed E-state index contributed by atoms with van der Waals surface area (Å²) >= 11 is 0. The second kappa shape index (κ2) is 22.3. The highest BCUT2D eigenvalue weighted by atomic mass is 32.2. The third-order valence-electron chi connectivity index (χ3n) is 16.3. The third-order valence-corrected chi connectivity index (χ3v) is 18.0. The van der Waals surface area contributed by atoms with Crippen molar-refractivity contribution in [2.45, 2.75) is 102 Å². The molecule has 0 saturated heterocycles. The lowest BCUT2D eigenvalue weighted by atomic mass is 9.43. The molecule has 4 saturated carbocycles. The standard InChI is InChI=1S/C52H74O13S3/c1-38(17-16-28-62-52(39-18-10-7-11-19-39,40-20-12-8-13-21-40)41-22-14-9-15-23-41)44-24-25-45-49-46(37-48(51(44,45)3)61-31-34-65-68(6,57)58)50(2)27-26-43(59-29-32-63-66(4,53)54)35-42(50)36-47(49)60-30-33-64-67(5,55)56/h7-15,18-23,38,42-49H,16-17,24-37H2,1-6H3. The predicted molar refractivity (Wildman–Crippen MR) is 261 cm³/mol. The van der Waals surface area contributed by atoms with Gasteiger partial charge in [-0.2, -0.15) is 25.3 Å². The first-order chi connectivity index (χ1) is 32.2. The Morgan fingerprint density at radius 2 is 1.09 bits per heavy atom. The van der Waals surface area contributed by atoms with Gasteiger partial charge in [0, 0.05) is 12.0 Å². The molecule has 4 aliphatic carbocycles. The lowest BCUT2D eigenvalue weighted by Gasteiger charge is -2.64. The van der Waals surface area contributed by atoms with Crippen molar-refractivity contribution < 1.29 is 56.8 Å². The van der Waals surface area contributed by atoms with Crippen molar-refractivity contribution in [1.29, 1.82) is 0 Å². The van der Waals surface area contributed by atoms with Crippen LogP contribution in [-0.2, 0) is 67.5 Å². The molecule has 7 rings (SSSR count). The van der Waals surface area contributed by atoms with Crippen molar-refractivity contribution in [1.82, 2.24) is 0 Å². The molecule has 0 aromatic heterocycles. The summed E-state index contributed by atoms with van der Waals surface area (Å²) in [5, 5.41) is 0. The maximum absolute atomic E-state index is 12.1. The van der Waals surface area contributed by atoms with Gasteiger partial charge < -0.3 is 18.9 Å². The fraction of sp³-hybridized carbons (Fsp3) is 0.654. The largest absolute Gasteiger partial charge is 0.376 e. The van der Waals surface area contributed by atoms with Crippen LogP contribution in [0.4, 0.5) is 0 Å². The lowest BCUT2D eigenvalue weighted by molar-refractivity contribution is -0.229. The van der Waals surface area contributed by atoms with Crippen molar-refractivity contribution in [2.75, 3.05) is 65.0 Å². The summed E-state index contributed by atoms with van der Waals surface area (Å²) in [5.41, 5.74) is 2.01. The Labute approximate surface area is 406 Å². The van der Waals surface area contributed by atoms with E-state index in [0.29, 0.717) is 12.5 Å². The summed E-state index contributed by atoms with van der Waals surface area (Å²) in [6.45, 7) is 7.96. The molecule has 0 aliphatic heterocycles. The molecule has 0 radical (unpaired) electrons. The van der Waals surface area contributed by atoms with Gasteiger partial charge in [0.05, 0.1) is 76.7 Å². The van der Waals surface area contributed by atoms with E-state index < -0.39 is 36.0 Å². The van der Waals surface area contributed by atoms with Gasteiger partial charge in [0.1, 0.15) is 5.60 Å². The molecule has 0 N–H and O–H groups in total. The number of ether oxygens (including phenoxy) is 4. The van der Waals surface area contributed by atoms with Crippen LogP contribution in [0.3, 0.4) is 0 Å². The van der Waals surface area contributed by atoms with E-state index in [1.807, 2.05) is 18.2 Å². The number of fused-ring (bicyclic) bond motifs is 5. The Hall–Kier alpha value is -2.77. The summed E-state index contributed by atoms with van der Waals surface area (Å²) in [6, 6.07) is 31.3. The summed E-state index contributed by atoms with van der Waals surface area (Å²) in [6.07, 6.45) is 10.5. The van der Waals surface area contributed by atoms with Gasteiger partial charge >= 0.3 is 0 Å². The quantitative estimate of drug-likeness (QED) is 0.0478. The molecule has 0 bridgehead atoms. The maximum Gasteiger partial charge on any atom is 0.264 e. The molecule has 11 unspecified atom stereocenters. The number of benzene rings is 3. The average molecular weight is 1000 g/mol. The van der Waals surface area contributed by atoms with Crippen LogP contribution in [0.5, 0.6) is 0 Å². The molecule has 378 valence electrons. The van der Waals surface area contributed by atoms with E-state index in [-0.39, 0.29) is 98.4 Å². The van der Waals surface area contributed by atoms with Crippen LogP contribution in [0.25, 0.3) is 0 Å². The summed E-state index contributed by atoms with van der Waals surface area (Å²) in [4.78, 5) is 0. The van der Waals surface area contributed by atoms with Crippen LogP contribution in [0.2, 0.25) is 0 Å². The minimum atomic E-state index is -3.66. The molecule has 13 nitrogen and oxygen atoms in total. The number of hydrogen-bond donors (Lipinski definition) is 0. The van der Waals surface area contributed by atoms with Crippen LogP contribution in [0.15, 0.2) is 91.0 Å². The first-order valence-corrected chi connectivity index (χ1v) is 29.9. The van der Waals surface area contributed by atoms with Crippen LogP contribution < -0.4 is 0 Å². The summed E-state index contributed by atoms with van der Waals surface area (Å²) in [7, 11) is -10.9. The highest BCUT2D eigenvalue weighted by Crippen LogP contribution is 2.69. The molecule has 0 spiro atoms. The monoisotopic (exact) mass is 1000 g/mol.